The number of hydrogen-bond acceptors (Lipinski definition) is 3. The molecule has 0 aliphatic heterocycles. The summed E-state index contributed by atoms with van der Waals surface area (Å²) < 4.78 is 5.68. The van der Waals surface area contributed by atoms with Crippen molar-refractivity contribution >= 4 is 11.8 Å². The van der Waals surface area contributed by atoms with E-state index in [4.69, 9.17) is 4.74 Å². The number of nitrogens with zero attached hydrogens (tertiary/aromatic N) is 1. The molecule has 3 heteroatoms. The maximum atomic E-state index is 5.68. The van der Waals surface area contributed by atoms with Crippen LogP contribution < -0.4 is 4.74 Å². The first kappa shape index (κ1) is 8.88. The minimum Gasteiger partial charge on any atom is -0.489 e. The van der Waals surface area contributed by atoms with E-state index in [0.717, 1.165) is 10.8 Å². The molecule has 0 unspecified atom stereocenters. The zero-order chi connectivity index (χ0) is 9.26. The van der Waals surface area contributed by atoms with E-state index in [9.17, 15) is 0 Å². The van der Waals surface area contributed by atoms with Gasteiger partial charge in [0.25, 0.3) is 0 Å². The van der Waals surface area contributed by atoms with Crippen molar-refractivity contribution in [3.63, 3.8) is 0 Å². The standard InChI is InChI=1S/C10H13NOS/c1-7-5-10(13-2)11-6-9(7)12-8-3-4-8/h5-6,8H,3-4H2,1-2H3. The monoisotopic (exact) mass is 195 g/mol. The topological polar surface area (TPSA) is 22.1 Å². The Morgan fingerprint density at radius 2 is 2.31 bits per heavy atom. The quantitative estimate of drug-likeness (QED) is 0.692. The molecule has 0 saturated heterocycles. The molecule has 0 aromatic carbocycles. The molecule has 1 heterocycles. The van der Waals surface area contributed by atoms with Crippen molar-refractivity contribution in [2.45, 2.75) is 30.9 Å². The SMILES string of the molecule is CSc1cc(C)c(OC2CC2)cn1. The molecule has 1 saturated carbocycles. The van der Waals surface area contributed by atoms with Crippen LogP contribution in [-0.4, -0.2) is 17.3 Å². The lowest BCUT2D eigenvalue weighted by Crippen LogP contribution is -1.98. The van der Waals surface area contributed by atoms with E-state index in [2.05, 4.69) is 18.0 Å². The van der Waals surface area contributed by atoms with Crippen LogP contribution in [0, 0.1) is 6.92 Å². The second-order valence-corrected chi connectivity index (χ2v) is 4.14. The molecular weight excluding hydrogens is 182 g/mol. The molecule has 0 spiro atoms. The van der Waals surface area contributed by atoms with Crippen molar-refractivity contribution in [3.8, 4) is 5.75 Å². The summed E-state index contributed by atoms with van der Waals surface area (Å²) >= 11 is 1.66. The highest BCUT2D eigenvalue weighted by molar-refractivity contribution is 7.98. The Hall–Kier alpha value is -0.700. The van der Waals surface area contributed by atoms with Crippen LogP contribution in [0.4, 0.5) is 0 Å². The molecule has 1 aromatic rings. The number of aromatic nitrogens is 1. The van der Waals surface area contributed by atoms with Crippen molar-refractivity contribution in [3.05, 3.63) is 17.8 Å². The minimum absolute atomic E-state index is 0.459. The Morgan fingerprint density at radius 3 is 2.85 bits per heavy atom. The van der Waals surface area contributed by atoms with Crippen LogP contribution in [-0.2, 0) is 0 Å². The maximum absolute atomic E-state index is 5.68. The molecule has 1 fully saturated rings. The first-order valence-electron chi connectivity index (χ1n) is 4.47. The van der Waals surface area contributed by atoms with E-state index in [1.807, 2.05) is 12.5 Å². The Bertz CT molecular complexity index is 310. The molecule has 0 bridgehead atoms. The van der Waals surface area contributed by atoms with Crippen LogP contribution in [0.3, 0.4) is 0 Å². The van der Waals surface area contributed by atoms with Gasteiger partial charge in [0.2, 0.25) is 0 Å². The lowest BCUT2D eigenvalue weighted by molar-refractivity contribution is 0.299. The van der Waals surface area contributed by atoms with Crippen molar-refractivity contribution in [2.24, 2.45) is 0 Å². The van der Waals surface area contributed by atoms with E-state index in [1.165, 1.54) is 18.4 Å². The highest BCUT2D eigenvalue weighted by Crippen LogP contribution is 2.29. The van der Waals surface area contributed by atoms with E-state index >= 15 is 0 Å². The van der Waals surface area contributed by atoms with E-state index in [0.29, 0.717) is 6.10 Å². The van der Waals surface area contributed by atoms with E-state index < -0.39 is 0 Å². The zero-order valence-electron chi connectivity index (χ0n) is 7.91. The molecule has 1 aliphatic rings. The van der Waals surface area contributed by atoms with E-state index in [1.54, 1.807) is 11.8 Å². The third-order valence-electron chi connectivity index (χ3n) is 2.06. The molecule has 70 valence electrons. The molecule has 13 heavy (non-hydrogen) atoms. The predicted molar refractivity (Wildman–Crippen MR) is 54.4 cm³/mol. The van der Waals surface area contributed by atoms with Crippen LogP contribution >= 0.6 is 11.8 Å². The van der Waals surface area contributed by atoms with Crippen molar-refractivity contribution < 1.29 is 4.74 Å². The van der Waals surface area contributed by atoms with Gasteiger partial charge >= 0.3 is 0 Å². The van der Waals surface area contributed by atoms with Gasteiger partial charge in [-0.3, -0.25) is 0 Å². The Kier molecular flexibility index (Phi) is 2.44. The fraction of sp³-hybridized carbons (Fsp3) is 0.500. The van der Waals surface area contributed by atoms with Crippen LogP contribution in [0.5, 0.6) is 5.75 Å². The van der Waals surface area contributed by atoms with Crippen molar-refractivity contribution in [1.29, 1.82) is 0 Å². The van der Waals surface area contributed by atoms with Crippen LogP contribution in [0.2, 0.25) is 0 Å². The van der Waals surface area contributed by atoms with E-state index in [-0.39, 0.29) is 0 Å². The fourth-order valence-electron chi connectivity index (χ4n) is 1.12. The van der Waals surface area contributed by atoms with Crippen molar-refractivity contribution in [1.82, 2.24) is 4.98 Å². The highest BCUT2D eigenvalue weighted by Gasteiger charge is 2.24. The maximum Gasteiger partial charge on any atom is 0.140 e. The zero-order valence-corrected chi connectivity index (χ0v) is 8.73. The summed E-state index contributed by atoms with van der Waals surface area (Å²) in [6.45, 7) is 2.07. The molecule has 0 N–H and O–H groups in total. The summed E-state index contributed by atoms with van der Waals surface area (Å²) in [5.41, 5.74) is 1.19. The number of hydrogen-bond donors (Lipinski definition) is 0. The molecule has 2 rings (SSSR count). The lowest BCUT2D eigenvalue weighted by atomic mass is 10.3. The first-order valence-corrected chi connectivity index (χ1v) is 5.69. The van der Waals surface area contributed by atoms with Gasteiger partial charge in [0.15, 0.2) is 0 Å². The predicted octanol–water partition coefficient (Wildman–Crippen LogP) is 2.65. The summed E-state index contributed by atoms with van der Waals surface area (Å²) in [4.78, 5) is 4.28. The third-order valence-corrected chi connectivity index (χ3v) is 2.71. The minimum atomic E-state index is 0.459. The van der Waals surface area contributed by atoms with Gasteiger partial charge in [0, 0.05) is 0 Å². The van der Waals surface area contributed by atoms with Crippen LogP contribution in [0.15, 0.2) is 17.3 Å². The summed E-state index contributed by atoms with van der Waals surface area (Å²) in [5.74, 6) is 0.945. The van der Waals surface area contributed by atoms with Gasteiger partial charge in [-0.2, -0.15) is 0 Å². The number of pyridine rings is 1. The van der Waals surface area contributed by atoms with Gasteiger partial charge in [-0.25, -0.2) is 4.98 Å². The average Bonchev–Trinajstić information content (AvgIpc) is 2.92. The number of aryl methyl sites for hydroxylation is 1. The molecule has 0 radical (unpaired) electrons. The molecule has 0 atom stereocenters. The van der Waals surface area contributed by atoms with Gasteiger partial charge in [0.05, 0.1) is 17.3 Å². The van der Waals surface area contributed by atoms with Gasteiger partial charge in [-0.05, 0) is 37.7 Å². The van der Waals surface area contributed by atoms with Crippen LogP contribution in [0.25, 0.3) is 0 Å². The summed E-state index contributed by atoms with van der Waals surface area (Å²) in [5, 5.41) is 1.06. The number of ether oxygens (including phenoxy) is 1. The Morgan fingerprint density at radius 1 is 1.54 bits per heavy atom. The van der Waals surface area contributed by atoms with Crippen LogP contribution in [0.1, 0.15) is 18.4 Å². The molecule has 0 amide bonds. The summed E-state index contributed by atoms with van der Waals surface area (Å²) in [7, 11) is 0. The van der Waals surface area contributed by atoms with Gasteiger partial charge in [-0.15, -0.1) is 11.8 Å². The summed E-state index contributed by atoms with van der Waals surface area (Å²) in [6.07, 6.45) is 6.72. The average molecular weight is 195 g/mol. The number of thioether (sulfide) groups is 1. The highest BCUT2D eigenvalue weighted by atomic mass is 32.2. The second kappa shape index (κ2) is 3.58. The first-order chi connectivity index (χ1) is 6.29. The molecule has 1 aliphatic carbocycles. The smallest absolute Gasteiger partial charge is 0.140 e. The fourth-order valence-corrected chi connectivity index (χ4v) is 1.57. The Balaban J connectivity index is 2.15. The number of rotatable bonds is 3. The lowest BCUT2D eigenvalue weighted by Gasteiger charge is -2.07. The molecular formula is C10H13NOS. The third kappa shape index (κ3) is 2.15. The largest absolute Gasteiger partial charge is 0.489 e. The second-order valence-electron chi connectivity index (χ2n) is 3.31. The summed E-state index contributed by atoms with van der Waals surface area (Å²) in [6, 6.07) is 2.07. The van der Waals surface area contributed by atoms with Gasteiger partial charge in [-0.1, -0.05) is 0 Å². The normalized spacial score (nSPS) is 15.8. The van der Waals surface area contributed by atoms with Gasteiger partial charge in [0.1, 0.15) is 5.75 Å². The van der Waals surface area contributed by atoms with Gasteiger partial charge < -0.3 is 4.74 Å². The molecule has 2 nitrogen and oxygen atoms in total. The van der Waals surface area contributed by atoms with Crippen molar-refractivity contribution in [2.75, 3.05) is 6.26 Å². The Labute approximate surface area is 82.7 Å². The molecule has 1 aromatic heterocycles.